The summed E-state index contributed by atoms with van der Waals surface area (Å²) in [6, 6.07) is 3.70. The van der Waals surface area contributed by atoms with E-state index in [-0.39, 0.29) is 12.3 Å². The number of carbonyl (C=O) groups excluding carboxylic acids is 1. The molecule has 0 fully saturated rings. The minimum atomic E-state index is -0.791. The largest absolute Gasteiger partial charge is 0.481 e. The zero-order valence-electron chi connectivity index (χ0n) is 9.16. The molecule has 0 saturated carbocycles. The number of carboxylic acid groups (broad SMARTS) is 1. The van der Waals surface area contributed by atoms with E-state index in [1.807, 2.05) is 13.0 Å². The van der Waals surface area contributed by atoms with Crippen LogP contribution in [0.4, 0.5) is 0 Å². The number of unbranched alkanes of at least 4 members (excludes halogenated alkanes) is 1. The molecular formula is C11H15NO3S. The van der Waals surface area contributed by atoms with Gasteiger partial charge in [0, 0.05) is 17.8 Å². The van der Waals surface area contributed by atoms with Crippen LogP contribution in [0, 0.1) is 6.92 Å². The van der Waals surface area contributed by atoms with Crippen LogP contribution in [0.1, 0.15) is 33.8 Å². The number of carbonyl (C=O) groups is 2. The van der Waals surface area contributed by atoms with Crippen LogP contribution in [0.15, 0.2) is 12.1 Å². The van der Waals surface area contributed by atoms with Crippen LogP contribution in [0.2, 0.25) is 0 Å². The lowest BCUT2D eigenvalue weighted by atomic mass is 10.2. The topological polar surface area (TPSA) is 66.4 Å². The highest BCUT2D eigenvalue weighted by molar-refractivity contribution is 7.13. The molecule has 0 radical (unpaired) electrons. The molecule has 0 atom stereocenters. The van der Waals surface area contributed by atoms with Crippen LogP contribution < -0.4 is 5.32 Å². The van der Waals surface area contributed by atoms with E-state index in [0.717, 1.165) is 4.88 Å². The Morgan fingerprint density at radius 3 is 2.69 bits per heavy atom. The lowest BCUT2D eigenvalue weighted by molar-refractivity contribution is -0.137. The Morgan fingerprint density at radius 1 is 1.38 bits per heavy atom. The van der Waals surface area contributed by atoms with Gasteiger partial charge < -0.3 is 10.4 Å². The maximum absolute atomic E-state index is 11.5. The van der Waals surface area contributed by atoms with E-state index in [1.165, 1.54) is 11.3 Å². The molecule has 0 unspecified atom stereocenters. The van der Waals surface area contributed by atoms with Crippen LogP contribution in [-0.4, -0.2) is 23.5 Å². The first kappa shape index (κ1) is 12.7. The van der Waals surface area contributed by atoms with E-state index in [0.29, 0.717) is 24.3 Å². The molecule has 0 aliphatic carbocycles. The maximum atomic E-state index is 11.5. The van der Waals surface area contributed by atoms with E-state index in [4.69, 9.17) is 5.11 Å². The molecule has 0 bridgehead atoms. The number of amides is 1. The summed E-state index contributed by atoms with van der Waals surface area (Å²) in [4.78, 5) is 23.6. The number of hydrogen-bond donors (Lipinski definition) is 2. The van der Waals surface area contributed by atoms with Crippen molar-refractivity contribution >= 4 is 23.2 Å². The Labute approximate surface area is 98.3 Å². The fraction of sp³-hybridized carbons (Fsp3) is 0.455. The Balaban J connectivity index is 2.18. The average Bonchev–Trinajstić information content (AvgIpc) is 2.63. The second-order valence-electron chi connectivity index (χ2n) is 3.52. The molecule has 0 aliphatic rings. The zero-order valence-corrected chi connectivity index (χ0v) is 9.97. The summed E-state index contributed by atoms with van der Waals surface area (Å²) in [5.74, 6) is -0.867. The molecule has 1 heterocycles. The molecule has 2 N–H and O–H groups in total. The fourth-order valence-corrected chi connectivity index (χ4v) is 2.03. The van der Waals surface area contributed by atoms with Crippen molar-refractivity contribution < 1.29 is 14.7 Å². The number of aryl methyl sites for hydroxylation is 1. The van der Waals surface area contributed by atoms with Gasteiger partial charge >= 0.3 is 5.97 Å². The minimum Gasteiger partial charge on any atom is -0.481 e. The lowest BCUT2D eigenvalue weighted by Crippen LogP contribution is -2.23. The van der Waals surface area contributed by atoms with Gasteiger partial charge in [-0.2, -0.15) is 0 Å². The molecule has 0 spiro atoms. The molecule has 1 aromatic rings. The number of hydrogen-bond acceptors (Lipinski definition) is 3. The van der Waals surface area contributed by atoms with E-state index in [1.54, 1.807) is 6.07 Å². The molecule has 4 nitrogen and oxygen atoms in total. The number of thiophene rings is 1. The summed E-state index contributed by atoms with van der Waals surface area (Å²) in [5.41, 5.74) is 0. The van der Waals surface area contributed by atoms with Crippen molar-refractivity contribution in [3.05, 3.63) is 21.9 Å². The summed E-state index contributed by atoms with van der Waals surface area (Å²) < 4.78 is 0. The van der Waals surface area contributed by atoms with Gasteiger partial charge in [-0.25, -0.2) is 0 Å². The molecule has 5 heteroatoms. The summed E-state index contributed by atoms with van der Waals surface area (Å²) in [6.45, 7) is 2.48. The molecule has 1 aromatic heterocycles. The van der Waals surface area contributed by atoms with Crippen molar-refractivity contribution in [2.75, 3.05) is 6.54 Å². The normalized spacial score (nSPS) is 10.1. The minimum absolute atomic E-state index is 0.0755. The third-order valence-corrected chi connectivity index (χ3v) is 3.07. The van der Waals surface area contributed by atoms with Crippen LogP contribution in [0.25, 0.3) is 0 Å². The molecule has 16 heavy (non-hydrogen) atoms. The standard InChI is InChI=1S/C11H15NO3S/c1-8-5-6-9(16-8)11(15)12-7-3-2-4-10(13)14/h5-6H,2-4,7H2,1H3,(H,12,15)(H,13,14). The lowest BCUT2D eigenvalue weighted by Gasteiger charge is -2.02. The Kier molecular flexibility index (Phi) is 4.98. The quantitative estimate of drug-likeness (QED) is 0.749. The summed E-state index contributed by atoms with van der Waals surface area (Å²) >= 11 is 1.46. The van der Waals surface area contributed by atoms with Gasteiger partial charge in [0.05, 0.1) is 4.88 Å². The van der Waals surface area contributed by atoms with Crippen LogP contribution >= 0.6 is 11.3 Å². The molecule has 0 aromatic carbocycles. The third-order valence-electron chi connectivity index (χ3n) is 2.07. The van der Waals surface area contributed by atoms with Gasteiger partial charge in [0.1, 0.15) is 0 Å². The van der Waals surface area contributed by atoms with Gasteiger partial charge in [-0.15, -0.1) is 11.3 Å². The summed E-state index contributed by atoms with van der Waals surface area (Å²) in [6.07, 6.45) is 1.45. The third kappa shape index (κ3) is 4.44. The monoisotopic (exact) mass is 241 g/mol. The molecule has 0 saturated heterocycles. The number of rotatable bonds is 6. The maximum Gasteiger partial charge on any atom is 0.303 e. The molecule has 88 valence electrons. The Morgan fingerprint density at radius 2 is 2.12 bits per heavy atom. The molecule has 1 amide bonds. The van der Waals surface area contributed by atoms with Crippen molar-refractivity contribution in [2.45, 2.75) is 26.2 Å². The van der Waals surface area contributed by atoms with Crippen LogP contribution in [0.5, 0.6) is 0 Å². The van der Waals surface area contributed by atoms with Crippen molar-refractivity contribution in [3.63, 3.8) is 0 Å². The zero-order chi connectivity index (χ0) is 12.0. The Hall–Kier alpha value is -1.36. The molecular weight excluding hydrogens is 226 g/mol. The highest BCUT2D eigenvalue weighted by Gasteiger charge is 2.06. The van der Waals surface area contributed by atoms with Crippen molar-refractivity contribution in [1.29, 1.82) is 0 Å². The van der Waals surface area contributed by atoms with E-state index < -0.39 is 5.97 Å². The highest BCUT2D eigenvalue weighted by Crippen LogP contribution is 2.14. The average molecular weight is 241 g/mol. The van der Waals surface area contributed by atoms with Gasteiger partial charge in [-0.1, -0.05) is 0 Å². The van der Waals surface area contributed by atoms with Crippen molar-refractivity contribution in [2.24, 2.45) is 0 Å². The van der Waals surface area contributed by atoms with Crippen LogP contribution in [-0.2, 0) is 4.79 Å². The van der Waals surface area contributed by atoms with Gasteiger partial charge in [0.25, 0.3) is 5.91 Å². The fourth-order valence-electron chi connectivity index (χ4n) is 1.25. The van der Waals surface area contributed by atoms with Crippen LogP contribution in [0.3, 0.4) is 0 Å². The van der Waals surface area contributed by atoms with E-state index in [2.05, 4.69) is 5.32 Å². The van der Waals surface area contributed by atoms with E-state index in [9.17, 15) is 9.59 Å². The predicted octanol–water partition coefficient (Wildman–Crippen LogP) is 2.04. The molecule has 1 rings (SSSR count). The first-order valence-corrected chi connectivity index (χ1v) is 5.97. The predicted molar refractivity (Wildman–Crippen MR) is 62.9 cm³/mol. The highest BCUT2D eigenvalue weighted by atomic mass is 32.1. The summed E-state index contributed by atoms with van der Waals surface area (Å²) in [5, 5.41) is 11.2. The number of carboxylic acids is 1. The Bertz CT molecular complexity index is 373. The van der Waals surface area contributed by atoms with Gasteiger partial charge in [0.15, 0.2) is 0 Å². The first-order chi connectivity index (χ1) is 7.59. The number of nitrogens with one attached hydrogen (secondary N) is 1. The number of aliphatic carboxylic acids is 1. The first-order valence-electron chi connectivity index (χ1n) is 5.16. The summed E-state index contributed by atoms with van der Waals surface area (Å²) in [7, 11) is 0. The molecule has 0 aliphatic heterocycles. The smallest absolute Gasteiger partial charge is 0.303 e. The SMILES string of the molecule is Cc1ccc(C(=O)NCCCCC(=O)O)s1. The van der Waals surface area contributed by atoms with Gasteiger partial charge in [-0.05, 0) is 31.9 Å². The van der Waals surface area contributed by atoms with E-state index >= 15 is 0 Å². The van der Waals surface area contributed by atoms with Crippen molar-refractivity contribution in [1.82, 2.24) is 5.32 Å². The second kappa shape index (κ2) is 6.27. The second-order valence-corrected chi connectivity index (χ2v) is 4.80. The van der Waals surface area contributed by atoms with Crippen molar-refractivity contribution in [3.8, 4) is 0 Å². The van der Waals surface area contributed by atoms with Gasteiger partial charge in [-0.3, -0.25) is 9.59 Å². The van der Waals surface area contributed by atoms with Gasteiger partial charge in [0.2, 0.25) is 0 Å².